The first kappa shape index (κ1) is 13.1. The molecule has 1 aliphatic carbocycles. The molecule has 1 saturated carbocycles. The smallest absolute Gasteiger partial charge is 0.198 e. The van der Waals surface area contributed by atoms with Crippen molar-refractivity contribution in [2.24, 2.45) is 0 Å². The monoisotopic (exact) mass is 248 g/mol. The molecule has 3 nitrogen and oxygen atoms in total. The van der Waals surface area contributed by atoms with E-state index in [9.17, 15) is 4.79 Å². The molecule has 1 aromatic rings. The summed E-state index contributed by atoms with van der Waals surface area (Å²) in [4.78, 5) is 12.7. The Morgan fingerprint density at radius 3 is 2.56 bits per heavy atom. The summed E-state index contributed by atoms with van der Waals surface area (Å²) in [6, 6.07) is 7.42. The normalized spacial score (nSPS) is 17.7. The lowest BCUT2D eigenvalue weighted by Gasteiger charge is -2.26. The van der Waals surface area contributed by atoms with Gasteiger partial charge in [0, 0.05) is 7.11 Å². The van der Waals surface area contributed by atoms with Crippen LogP contribution in [-0.4, -0.2) is 25.1 Å². The molecule has 0 atom stereocenters. The number of hydrogen-bond acceptors (Lipinski definition) is 3. The van der Waals surface area contributed by atoms with Crippen molar-refractivity contribution in [1.29, 1.82) is 0 Å². The Bertz CT molecular complexity index is 420. The van der Waals surface area contributed by atoms with Gasteiger partial charge in [-0.05, 0) is 44.7 Å². The van der Waals surface area contributed by atoms with Crippen LogP contribution in [0.5, 0.6) is 5.75 Å². The van der Waals surface area contributed by atoms with Gasteiger partial charge in [0.15, 0.2) is 5.78 Å². The van der Waals surface area contributed by atoms with E-state index in [0.29, 0.717) is 17.9 Å². The van der Waals surface area contributed by atoms with E-state index < -0.39 is 5.60 Å². The number of ketones is 1. The van der Waals surface area contributed by atoms with Gasteiger partial charge in [0.25, 0.3) is 0 Å². The lowest BCUT2D eigenvalue weighted by atomic mass is 9.90. The summed E-state index contributed by atoms with van der Waals surface area (Å²) < 4.78 is 11.1. The Kier molecular flexibility index (Phi) is 4.02. The standard InChI is InChI=1S/C15H20O3/c1-3-18-13-9-5-4-8-12(13)14(16)15(17-2)10-6-7-11-15/h4-5,8-9H,3,6-7,10-11H2,1-2H3. The molecule has 0 amide bonds. The third-order valence-corrected chi connectivity index (χ3v) is 3.65. The first-order chi connectivity index (χ1) is 8.73. The fraction of sp³-hybridized carbons (Fsp3) is 0.533. The SMILES string of the molecule is CCOc1ccccc1C(=O)C1(OC)CCCC1. The van der Waals surface area contributed by atoms with Gasteiger partial charge in [-0.3, -0.25) is 4.79 Å². The number of carbonyl (C=O) groups is 1. The van der Waals surface area contributed by atoms with E-state index in [4.69, 9.17) is 9.47 Å². The number of rotatable bonds is 5. The highest BCUT2D eigenvalue weighted by atomic mass is 16.5. The largest absolute Gasteiger partial charge is 0.493 e. The lowest BCUT2D eigenvalue weighted by Crippen LogP contribution is -2.38. The molecule has 1 fully saturated rings. The van der Waals surface area contributed by atoms with Crippen LogP contribution in [0.15, 0.2) is 24.3 Å². The summed E-state index contributed by atoms with van der Waals surface area (Å²) in [5.74, 6) is 0.722. The average Bonchev–Trinajstić information content (AvgIpc) is 2.89. The van der Waals surface area contributed by atoms with E-state index in [1.807, 2.05) is 31.2 Å². The highest BCUT2D eigenvalue weighted by molar-refractivity contribution is 6.04. The van der Waals surface area contributed by atoms with Crippen LogP contribution < -0.4 is 4.74 Å². The molecule has 0 radical (unpaired) electrons. The van der Waals surface area contributed by atoms with Gasteiger partial charge in [-0.1, -0.05) is 12.1 Å². The minimum atomic E-state index is -0.632. The van der Waals surface area contributed by atoms with Crippen molar-refractivity contribution in [2.75, 3.05) is 13.7 Å². The molecule has 3 heteroatoms. The lowest BCUT2D eigenvalue weighted by molar-refractivity contribution is 0.00577. The quantitative estimate of drug-likeness (QED) is 0.750. The number of ether oxygens (including phenoxy) is 2. The summed E-state index contributed by atoms with van der Waals surface area (Å²) in [6.07, 6.45) is 3.72. The molecule has 0 N–H and O–H groups in total. The Hall–Kier alpha value is -1.35. The summed E-state index contributed by atoms with van der Waals surface area (Å²) in [6.45, 7) is 2.48. The third kappa shape index (κ3) is 2.27. The molecule has 98 valence electrons. The molecule has 0 aliphatic heterocycles. The molecule has 0 saturated heterocycles. The van der Waals surface area contributed by atoms with E-state index in [0.717, 1.165) is 25.7 Å². The molecular formula is C15H20O3. The van der Waals surface area contributed by atoms with Gasteiger partial charge in [-0.2, -0.15) is 0 Å². The second-order valence-electron chi connectivity index (χ2n) is 4.66. The van der Waals surface area contributed by atoms with Gasteiger partial charge < -0.3 is 9.47 Å². The summed E-state index contributed by atoms with van der Waals surface area (Å²) in [5.41, 5.74) is 0.0100. The van der Waals surface area contributed by atoms with Crippen molar-refractivity contribution >= 4 is 5.78 Å². The van der Waals surface area contributed by atoms with Crippen LogP contribution in [0.3, 0.4) is 0 Å². The number of carbonyl (C=O) groups excluding carboxylic acids is 1. The maximum Gasteiger partial charge on any atom is 0.198 e. The molecule has 1 aromatic carbocycles. The zero-order valence-electron chi connectivity index (χ0n) is 11.1. The van der Waals surface area contributed by atoms with Crippen molar-refractivity contribution in [2.45, 2.75) is 38.2 Å². The predicted octanol–water partition coefficient (Wildman–Crippen LogP) is 3.23. The van der Waals surface area contributed by atoms with Crippen molar-refractivity contribution in [3.63, 3.8) is 0 Å². The first-order valence-electron chi connectivity index (χ1n) is 6.55. The number of methoxy groups -OCH3 is 1. The highest BCUT2D eigenvalue weighted by Crippen LogP contribution is 2.37. The number of benzene rings is 1. The minimum Gasteiger partial charge on any atom is -0.493 e. The fourth-order valence-electron chi connectivity index (χ4n) is 2.65. The first-order valence-corrected chi connectivity index (χ1v) is 6.55. The predicted molar refractivity (Wildman–Crippen MR) is 70.1 cm³/mol. The number of hydrogen-bond donors (Lipinski definition) is 0. The second-order valence-corrected chi connectivity index (χ2v) is 4.66. The molecule has 0 unspecified atom stereocenters. The van der Waals surface area contributed by atoms with Gasteiger partial charge in [0.2, 0.25) is 0 Å². The van der Waals surface area contributed by atoms with Gasteiger partial charge >= 0.3 is 0 Å². The minimum absolute atomic E-state index is 0.0616. The average molecular weight is 248 g/mol. The van der Waals surface area contributed by atoms with Crippen LogP contribution in [0, 0.1) is 0 Å². The highest BCUT2D eigenvalue weighted by Gasteiger charge is 2.42. The molecule has 0 aromatic heterocycles. The van der Waals surface area contributed by atoms with Crippen LogP contribution in [0.2, 0.25) is 0 Å². The Labute approximate surface area is 108 Å². The summed E-state index contributed by atoms with van der Waals surface area (Å²) in [5, 5.41) is 0. The van der Waals surface area contributed by atoms with Gasteiger partial charge in [-0.25, -0.2) is 0 Å². The van der Waals surface area contributed by atoms with E-state index >= 15 is 0 Å². The van der Waals surface area contributed by atoms with E-state index in [-0.39, 0.29) is 5.78 Å². The van der Waals surface area contributed by atoms with Crippen molar-refractivity contribution in [1.82, 2.24) is 0 Å². The zero-order valence-corrected chi connectivity index (χ0v) is 11.1. The van der Waals surface area contributed by atoms with E-state index in [2.05, 4.69) is 0 Å². The van der Waals surface area contributed by atoms with Crippen LogP contribution in [0.1, 0.15) is 43.0 Å². The van der Waals surface area contributed by atoms with Crippen molar-refractivity contribution in [3.8, 4) is 5.75 Å². The van der Waals surface area contributed by atoms with Gasteiger partial charge in [0.05, 0.1) is 12.2 Å². The van der Waals surface area contributed by atoms with Crippen molar-refractivity contribution in [3.05, 3.63) is 29.8 Å². The van der Waals surface area contributed by atoms with Crippen LogP contribution in [0.25, 0.3) is 0 Å². The van der Waals surface area contributed by atoms with Gasteiger partial charge in [0.1, 0.15) is 11.4 Å². The topological polar surface area (TPSA) is 35.5 Å². The molecule has 0 heterocycles. The summed E-state index contributed by atoms with van der Waals surface area (Å²) >= 11 is 0. The molecule has 0 bridgehead atoms. The maximum absolute atomic E-state index is 12.7. The Morgan fingerprint density at radius 1 is 1.28 bits per heavy atom. The maximum atomic E-state index is 12.7. The Balaban J connectivity index is 2.33. The zero-order chi connectivity index (χ0) is 13.0. The second kappa shape index (κ2) is 5.53. The van der Waals surface area contributed by atoms with Crippen molar-refractivity contribution < 1.29 is 14.3 Å². The van der Waals surface area contributed by atoms with Gasteiger partial charge in [-0.15, -0.1) is 0 Å². The van der Waals surface area contributed by atoms with Crippen LogP contribution in [0.4, 0.5) is 0 Å². The molecule has 0 spiro atoms. The molecule has 2 rings (SSSR count). The third-order valence-electron chi connectivity index (χ3n) is 3.65. The molecule has 18 heavy (non-hydrogen) atoms. The Morgan fingerprint density at radius 2 is 1.94 bits per heavy atom. The number of para-hydroxylation sites is 1. The molecular weight excluding hydrogens is 228 g/mol. The summed E-state index contributed by atoms with van der Waals surface area (Å²) in [7, 11) is 1.63. The van der Waals surface area contributed by atoms with E-state index in [1.165, 1.54) is 0 Å². The van der Waals surface area contributed by atoms with E-state index in [1.54, 1.807) is 7.11 Å². The number of Topliss-reactive ketones (excluding diaryl/α,β-unsaturated/α-hetero) is 1. The molecule has 1 aliphatic rings. The fourth-order valence-corrected chi connectivity index (χ4v) is 2.65. The van der Waals surface area contributed by atoms with Crippen LogP contribution in [-0.2, 0) is 4.74 Å². The van der Waals surface area contributed by atoms with Crippen LogP contribution >= 0.6 is 0 Å².